The predicted octanol–water partition coefficient (Wildman–Crippen LogP) is 3.29. The number of fused-ring (bicyclic) bond motifs is 1. The van der Waals surface area contributed by atoms with Crippen LogP contribution in [0.1, 0.15) is 19.3 Å². The topological polar surface area (TPSA) is 84.9 Å². The number of ether oxygens (including phenoxy) is 2. The van der Waals surface area contributed by atoms with Crippen molar-refractivity contribution in [1.29, 1.82) is 0 Å². The Hall–Kier alpha value is -2.29. The lowest BCUT2D eigenvalue weighted by molar-refractivity contribution is -0.119. The van der Waals surface area contributed by atoms with E-state index in [-0.39, 0.29) is 10.8 Å². The van der Waals surface area contributed by atoms with Gasteiger partial charge in [-0.15, -0.1) is 0 Å². The van der Waals surface area contributed by atoms with E-state index in [0.717, 1.165) is 6.42 Å². The largest absolute Gasteiger partial charge is 0.490 e. The van der Waals surface area contributed by atoms with Crippen molar-refractivity contribution >= 4 is 33.2 Å². The number of anilines is 1. The van der Waals surface area contributed by atoms with Crippen molar-refractivity contribution in [2.45, 2.75) is 30.2 Å². The lowest BCUT2D eigenvalue weighted by Crippen LogP contribution is -2.43. The highest BCUT2D eigenvalue weighted by molar-refractivity contribution is 7.89. The molecular formula is C20H21ClN2O5S. The van der Waals surface area contributed by atoms with Crippen LogP contribution in [0.2, 0.25) is 5.02 Å². The second-order valence-electron chi connectivity index (χ2n) is 6.93. The number of benzene rings is 2. The van der Waals surface area contributed by atoms with Gasteiger partial charge in [0.05, 0.1) is 18.1 Å². The molecule has 1 N–H and O–H groups in total. The summed E-state index contributed by atoms with van der Waals surface area (Å²) in [5, 5.41) is 3.27. The van der Waals surface area contributed by atoms with Crippen LogP contribution in [0.25, 0.3) is 0 Å². The van der Waals surface area contributed by atoms with Gasteiger partial charge in [-0.2, -0.15) is 4.31 Å². The molecule has 1 fully saturated rings. The highest BCUT2D eigenvalue weighted by Gasteiger charge is 2.39. The zero-order chi connectivity index (χ0) is 20.4. The van der Waals surface area contributed by atoms with E-state index in [0.29, 0.717) is 54.8 Å². The van der Waals surface area contributed by atoms with Crippen molar-refractivity contribution in [3.05, 3.63) is 47.5 Å². The lowest BCUT2D eigenvalue weighted by Gasteiger charge is -2.23. The maximum Gasteiger partial charge on any atom is 0.243 e. The summed E-state index contributed by atoms with van der Waals surface area (Å²) in [6.07, 6.45) is 1.87. The third kappa shape index (κ3) is 4.19. The number of amides is 1. The molecule has 7 nitrogen and oxygen atoms in total. The first kappa shape index (κ1) is 20.0. The third-order valence-corrected chi connectivity index (χ3v) is 7.12. The lowest BCUT2D eigenvalue weighted by atomic mass is 10.2. The van der Waals surface area contributed by atoms with Crippen LogP contribution in [-0.4, -0.2) is 44.4 Å². The first-order chi connectivity index (χ1) is 13.9. The van der Waals surface area contributed by atoms with E-state index in [1.165, 1.54) is 28.6 Å². The van der Waals surface area contributed by atoms with Gasteiger partial charge < -0.3 is 14.8 Å². The highest BCUT2D eigenvalue weighted by Crippen LogP contribution is 2.33. The van der Waals surface area contributed by atoms with Gasteiger partial charge in [0.15, 0.2) is 11.5 Å². The Morgan fingerprint density at radius 3 is 2.52 bits per heavy atom. The second kappa shape index (κ2) is 8.22. The molecule has 0 saturated carbocycles. The van der Waals surface area contributed by atoms with Crippen LogP contribution >= 0.6 is 11.6 Å². The van der Waals surface area contributed by atoms with Crippen LogP contribution in [-0.2, 0) is 14.8 Å². The number of nitrogens with zero attached hydrogens (tertiary/aromatic N) is 1. The van der Waals surface area contributed by atoms with E-state index in [1.807, 2.05) is 0 Å². The van der Waals surface area contributed by atoms with Gasteiger partial charge >= 0.3 is 0 Å². The Labute approximate surface area is 174 Å². The number of halogens is 1. The van der Waals surface area contributed by atoms with Crippen LogP contribution < -0.4 is 14.8 Å². The maximum absolute atomic E-state index is 13.0. The van der Waals surface area contributed by atoms with Crippen LogP contribution in [0.15, 0.2) is 47.4 Å². The number of hydrogen-bond acceptors (Lipinski definition) is 5. The van der Waals surface area contributed by atoms with E-state index in [2.05, 4.69) is 5.32 Å². The molecule has 1 atom stereocenters. The van der Waals surface area contributed by atoms with Crippen molar-refractivity contribution < 1.29 is 22.7 Å². The molecule has 2 aromatic rings. The molecule has 2 aliphatic rings. The number of carbonyl (C=O) groups excluding carboxylic acids is 1. The smallest absolute Gasteiger partial charge is 0.243 e. The molecule has 1 amide bonds. The molecule has 154 valence electrons. The fourth-order valence-electron chi connectivity index (χ4n) is 3.50. The Kier molecular flexibility index (Phi) is 5.67. The summed E-state index contributed by atoms with van der Waals surface area (Å²) in [5.74, 6) is 0.834. The highest BCUT2D eigenvalue weighted by atomic mass is 35.5. The van der Waals surface area contributed by atoms with Gasteiger partial charge in [-0.05, 0) is 49.2 Å². The fraction of sp³-hybridized carbons (Fsp3) is 0.350. The molecule has 0 bridgehead atoms. The molecule has 0 aromatic heterocycles. The average Bonchev–Trinajstić information content (AvgIpc) is 3.09. The van der Waals surface area contributed by atoms with Gasteiger partial charge in [0.1, 0.15) is 6.04 Å². The summed E-state index contributed by atoms with van der Waals surface area (Å²) in [4.78, 5) is 13.0. The minimum absolute atomic E-state index is 0.122. The van der Waals surface area contributed by atoms with Gasteiger partial charge in [0.25, 0.3) is 0 Å². The molecule has 0 radical (unpaired) electrons. The maximum atomic E-state index is 13.0. The molecule has 0 aliphatic carbocycles. The Morgan fingerprint density at radius 2 is 1.76 bits per heavy atom. The van der Waals surface area contributed by atoms with E-state index < -0.39 is 16.1 Å². The van der Waals surface area contributed by atoms with Crippen LogP contribution in [0.4, 0.5) is 5.69 Å². The van der Waals surface area contributed by atoms with Crippen molar-refractivity contribution in [3.8, 4) is 11.5 Å². The van der Waals surface area contributed by atoms with E-state index >= 15 is 0 Å². The summed E-state index contributed by atoms with van der Waals surface area (Å²) < 4.78 is 38.5. The van der Waals surface area contributed by atoms with E-state index in [1.54, 1.807) is 18.2 Å². The molecule has 29 heavy (non-hydrogen) atoms. The predicted molar refractivity (Wildman–Crippen MR) is 109 cm³/mol. The van der Waals surface area contributed by atoms with E-state index in [4.69, 9.17) is 21.1 Å². The van der Waals surface area contributed by atoms with Crippen LogP contribution in [0.3, 0.4) is 0 Å². The zero-order valence-electron chi connectivity index (χ0n) is 15.6. The SMILES string of the molecule is O=C(Nc1ccc2c(c1)OCCCO2)[C@@H]1CCCN1S(=O)(=O)c1ccc(Cl)cc1. The molecule has 1 saturated heterocycles. The van der Waals surface area contributed by atoms with Crippen molar-refractivity contribution in [1.82, 2.24) is 4.31 Å². The first-order valence-electron chi connectivity index (χ1n) is 9.43. The minimum Gasteiger partial charge on any atom is -0.490 e. The summed E-state index contributed by atoms with van der Waals surface area (Å²) in [5.41, 5.74) is 0.537. The molecule has 0 spiro atoms. The number of hydrogen-bond donors (Lipinski definition) is 1. The molecule has 4 rings (SSSR count). The van der Waals surface area contributed by atoms with Gasteiger partial charge in [-0.1, -0.05) is 11.6 Å². The summed E-state index contributed by atoms with van der Waals surface area (Å²) >= 11 is 5.86. The van der Waals surface area contributed by atoms with Gasteiger partial charge in [0, 0.05) is 29.7 Å². The van der Waals surface area contributed by atoms with Gasteiger partial charge in [-0.3, -0.25) is 4.79 Å². The monoisotopic (exact) mass is 436 g/mol. The van der Waals surface area contributed by atoms with E-state index in [9.17, 15) is 13.2 Å². The normalized spacial score (nSPS) is 19.6. The summed E-state index contributed by atoms with van der Waals surface area (Å²) in [6, 6.07) is 10.3. The minimum atomic E-state index is -3.79. The fourth-order valence-corrected chi connectivity index (χ4v) is 5.28. The van der Waals surface area contributed by atoms with Gasteiger partial charge in [-0.25, -0.2) is 8.42 Å². The average molecular weight is 437 g/mol. The quantitative estimate of drug-likeness (QED) is 0.794. The summed E-state index contributed by atoms with van der Waals surface area (Å²) in [6.45, 7) is 1.42. The standard InChI is InChI=1S/C20H21ClN2O5S/c21-14-4-7-16(8-5-14)29(25,26)23-10-1-3-17(23)20(24)22-15-6-9-18-19(13-15)28-12-2-11-27-18/h4-9,13,17H,1-3,10-12H2,(H,22,24)/t17-/m0/s1. The van der Waals surface area contributed by atoms with Crippen LogP contribution in [0, 0.1) is 0 Å². The molecule has 0 unspecified atom stereocenters. The Bertz CT molecular complexity index is 1010. The Morgan fingerprint density at radius 1 is 1.03 bits per heavy atom. The first-order valence-corrected chi connectivity index (χ1v) is 11.2. The van der Waals surface area contributed by atoms with Gasteiger partial charge in [0.2, 0.25) is 15.9 Å². The number of rotatable bonds is 4. The molecule has 9 heteroatoms. The van der Waals surface area contributed by atoms with Crippen molar-refractivity contribution in [2.75, 3.05) is 25.1 Å². The Balaban J connectivity index is 1.52. The number of sulfonamides is 1. The molecule has 2 heterocycles. The van der Waals surface area contributed by atoms with Crippen LogP contribution in [0.5, 0.6) is 11.5 Å². The summed E-state index contributed by atoms with van der Waals surface area (Å²) in [7, 11) is -3.79. The third-order valence-electron chi connectivity index (χ3n) is 4.94. The number of nitrogens with one attached hydrogen (secondary N) is 1. The zero-order valence-corrected chi connectivity index (χ0v) is 17.2. The van der Waals surface area contributed by atoms with Crippen molar-refractivity contribution in [2.24, 2.45) is 0 Å². The molecular weight excluding hydrogens is 416 g/mol. The van der Waals surface area contributed by atoms with Crippen molar-refractivity contribution in [3.63, 3.8) is 0 Å². The molecule has 2 aromatic carbocycles. The second-order valence-corrected chi connectivity index (χ2v) is 9.26. The molecule has 2 aliphatic heterocycles. The number of carbonyl (C=O) groups is 1.